The first-order valence-corrected chi connectivity index (χ1v) is 8.10. The maximum atomic E-state index is 14.6. The molecular formula is C20H22FN7O. The molecule has 0 unspecified atom stereocenters. The smallest absolute Gasteiger partial charge is 0.236 e. The van der Waals surface area contributed by atoms with E-state index in [2.05, 4.69) is 25.4 Å². The van der Waals surface area contributed by atoms with Crippen molar-refractivity contribution in [3.8, 4) is 17.3 Å². The van der Waals surface area contributed by atoms with Gasteiger partial charge in [0, 0.05) is 28.5 Å². The van der Waals surface area contributed by atoms with Crippen molar-refractivity contribution < 1.29 is 28.3 Å². The summed E-state index contributed by atoms with van der Waals surface area (Å²) in [5.41, 5.74) is -5.06. The van der Waals surface area contributed by atoms with E-state index in [1.54, 1.807) is 0 Å². The third-order valence-corrected chi connectivity index (χ3v) is 3.94. The number of fused-ring (bicyclic) bond motifs is 1. The summed E-state index contributed by atoms with van der Waals surface area (Å²) in [5, 5.41) is 15.4. The number of halogens is 1. The molecule has 150 valence electrons. The van der Waals surface area contributed by atoms with E-state index in [-0.39, 0.29) is 17.0 Å². The first-order chi connectivity index (χ1) is 19.6. The minimum absolute atomic E-state index is 0.124. The minimum Gasteiger partial charge on any atom is -0.468 e. The molecule has 0 bridgehead atoms. The zero-order chi connectivity index (χ0) is 32.4. The molecule has 9 heteroatoms. The second-order valence-corrected chi connectivity index (χ2v) is 5.88. The summed E-state index contributed by atoms with van der Waals surface area (Å²) in [6, 6.07) is 6.08. The van der Waals surface area contributed by atoms with E-state index in [0.717, 1.165) is 23.0 Å². The summed E-state index contributed by atoms with van der Waals surface area (Å²) in [6.07, 6.45) is 0.813. The van der Waals surface area contributed by atoms with Gasteiger partial charge in [-0.1, -0.05) is 32.7 Å². The number of aryl methyl sites for hydroxylation is 1. The quantitative estimate of drug-likeness (QED) is 0.502. The number of ether oxygens (including phenoxy) is 1. The molecule has 4 aromatic rings. The van der Waals surface area contributed by atoms with Gasteiger partial charge in [0.25, 0.3) is 0 Å². The molecule has 0 radical (unpaired) electrons. The first kappa shape index (κ1) is 8.56. The molecular weight excluding hydrogens is 373 g/mol. The van der Waals surface area contributed by atoms with E-state index in [0.29, 0.717) is 4.68 Å². The lowest BCUT2D eigenvalue weighted by Gasteiger charge is -2.21. The van der Waals surface area contributed by atoms with Crippen molar-refractivity contribution in [2.75, 3.05) is 0 Å². The molecule has 0 aliphatic heterocycles. The number of hydrogen-bond acceptors (Lipinski definition) is 6. The number of nitrogens with zero attached hydrogens (tertiary/aromatic N) is 7. The van der Waals surface area contributed by atoms with Gasteiger partial charge < -0.3 is 4.74 Å². The Labute approximate surface area is 187 Å². The highest BCUT2D eigenvalue weighted by Gasteiger charge is 2.24. The Morgan fingerprint density at radius 3 is 2.90 bits per heavy atom. The molecule has 8 nitrogen and oxygen atoms in total. The summed E-state index contributed by atoms with van der Waals surface area (Å²) >= 11 is 0. The van der Waals surface area contributed by atoms with Crippen LogP contribution in [0, 0.1) is 5.82 Å². The molecule has 0 spiro atoms. The second-order valence-electron chi connectivity index (χ2n) is 5.88. The molecule has 0 saturated carbocycles. The van der Waals surface area contributed by atoms with E-state index in [1.807, 2.05) is 0 Å². The van der Waals surface area contributed by atoms with Gasteiger partial charge in [-0.3, -0.25) is 0 Å². The normalized spacial score (nSPS) is 21.3. The van der Waals surface area contributed by atoms with Crippen LogP contribution in [0.5, 0.6) is 5.88 Å². The fourth-order valence-electron chi connectivity index (χ4n) is 2.59. The molecule has 3 heterocycles. The molecule has 29 heavy (non-hydrogen) atoms. The van der Waals surface area contributed by atoms with E-state index >= 15 is 0 Å². The van der Waals surface area contributed by atoms with Crippen LogP contribution < -0.4 is 4.74 Å². The standard InChI is InChI=1S/C20H22FN7O/c1-5-27-17(22-12-23-27)11-29-19-14(20(2,3)4)10-16-24-25-18(28(16)26-19)13-8-6-7-9-15(13)21/h6-10,12H,5,11H2,1-4H3/i1D3,2D3,3D3,4D3,5D2. The van der Waals surface area contributed by atoms with Crippen molar-refractivity contribution in [2.24, 2.45) is 0 Å². The van der Waals surface area contributed by atoms with Gasteiger partial charge in [-0.25, -0.2) is 14.1 Å². The number of rotatable bonds is 5. The highest BCUT2D eigenvalue weighted by Crippen LogP contribution is 2.32. The van der Waals surface area contributed by atoms with Gasteiger partial charge in [-0.15, -0.1) is 15.3 Å². The van der Waals surface area contributed by atoms with Gasteiger partial charge in [-0.05, 0) is 30.5 Å². The maximum Gasteiger partial charge on any atom is 0.236 e. The van der Waals surface area contributed by atoms with Gasteiger partial charge in [0.15, 0.2) is 17.3 Å². The van der Waals surface area contributed by atoms with Gasteiger partial charge >= 0.3 is 0 Å². The largest absolute Gasteiger partial charge is 0.468 e. The molecule has 3 aromatic heterocycles. The Hall–Kier alpha value is -3.36. The summed E-state index contributed by atoms with van der Waals surface area (Å²) in [5.74, 6) is -2.37. The van der Waals surface area contributed by atoms with Gasteiger partial charge in [-0.2, -0.15) is 9.61 Å². The van der Waals surface area contributed by atoms with Crippen molar-refractivity contribution in [1.82, 2.24) is 34.6 Å². The van der Waals surface area contributed by atoms with E-state index < -0.39 is 69.0 Å². The SMILES string of the molecule is [2H]C([2H])([2H])C([2H])([2H])n1ncnc1COc1nn2c(-c3ccccc3F)nnc2cc1C(C([2H])([2H])[2H])(C([2H])([2H])[2H])C([2H])([2H])[2H]. The predicted molar refractivity (Wildman–Crippen MR) is 105 cm³/mol. The van der Waals surface area contributed by atoms with Crippen molar-refractivity contribution in [1.29, 1.82) is 0 Å². The van der Waals surface area contributed by atoms with Crippen LogP contribution in [0.1, 0.15) is 58.0 Å². The van der Waals surface area contributed by atoms with Crippen LogP contribution in [0.3, 0.4) is 0 Å². The molecule has 0 saturated heterocycles. The van der Waals surface area contributed by atoms with E-state index in [1.165, 1.54) is 18.2 Å². The average molecular weight is 410 g/mol. The lowest BCUT2D eigenvalue weighted by atomic mass is 9.88. The predicted octanol–water partition coefficient (Wildman–Crippen LogP) is 3.42. The van der Waals surface area contributed by atoms with Crippen LogP contribution in [-0.4, -0.2) is 34.6 Å². The third-order valence-electron chi connectivity index (χ3n) is 3.94. The Kier molecular flexibility index (Phi) is 2.13. The zero-order valence-electron chi connectivity index (χ0n) is 28.6. The highest BCUT2D eigenvalue weighted by molar-refractivity contribution is 5.60. The van der Waals surface area contributed by atoms with Crippen LogP contribution >= 0.6 is 0 Å². The van der Waals surface area contributed by atoms with E-state index in [9.17, 15) is 4.39 Å². The molecule has 1 aromatic carbocycles. The average Bonchev–Trinajstić information content (AvgIpc) is 3.47. The number of benzene rings is 1. The van der Waals surface area contributed by atoms with Crippen LogP contribution in [0.25, 0.3) is 17.0 Å². The molecule has 0 aliphatic carbocycles. The van der Waals surface area contributed by atoms with Gasteiger partial charge in [0.1, 0.15) is 18.8 Å². The Balaban J connectivity index is 2.01. The first-order valence-electron chi connectivity index (χ1n) is 15.1. The molecule has 4 rings (SSSR count). The molecule has 0 atom stereocenters. The highest BCUT2D eigenvalue weighted by atomic mass is 19.1. The zero-order valence-corrected chi connectivity index (χ0v) is 14.6. The summed E-state index contributed by atoms with van der Waals surface area (Å²) in [7, 11) is 0. The fourth-order valence-corrected chi connectivity index (χ4v) is 2.59. The molecule has 0 fully saturated rings. The van der Waals surface area contributed by atoms with Crippen LogP contribution in [-0.2, 0) is 18.5 Å². The molecule has 0 N–H and O–H groups in total. The van der Waals surface area contributed by atoms with Gasteiger partial charge in [0.05, 0.1) is 8.30 Å². The lowest BCUT2D eigenvalue weighted by Crippen LogP contribution is -2.17. The summed E-state index contributed by atoms with van der Waals surface area (Å²) < 4.78 is 133. The van der Waals surface area contributed by atoms with Crippen LogP contribution in [0.4, 0.5) is 4.39 Å². The van der Waals surface area contributed by atoms with Crippen molar-refractivity contribution in [3.63, 3.8) is 0 Å². The van der Waals surface area contributed by atoms with Crippen LogP contribution in [0.15, 0.2) is 36.7 Å². The second kappa shape index (κ2) is 7.23. The summed E-state index contributed by atoms with van der Waals surface area (Å²) in [6.45, 7) is -18.4. The van der Waals surface area contributed by atoms with Crippen molar-refractivity contribution in [3.05, 3.63) is 53.9 Å². The van der Waals surface area contributed by atoms with Crippen molar-refractivity contribution in [2.45, 2.75) is 45.9 Å². The summed E-state index contributed by atoms with van der Waals surface area (Å²) in [4.78, 5) is 3.77. The Morgan fingerprint density at radius 2 is 2.10 bits per heavy atom. The Morgan fingerprint density at radius 1 is 1.24 bits per heavy atom. The minimum atomic E-state index is -3.74. The topological polar surface area (TPSA) is 83.0 Å². The third kappa shape index (κ3) is 3.55. The number of aromatic nitrogens is 7. The van der Waals surface area contributed by atoms with Crippen molar-refractivity contribution >= 4 is 5.65 Å². The maximum absolute atomic E-state index is 14.6. The monoisotopic (exact) mass is 409 g/mol. The molecule has 0 aliphatic rings. The van der Waals surface area contributed by atoms with Gasteiger partial charge in [0.2, 0.25) is 5.88 Å². The number of hydrogen-bond donors (Lipinski definition) is 0. The Bertz CT molecular complexity index is 1600. The van der Waals surface area contributed by atoms with Crippen LogP contribution in [0.2, 0.25) is 0 Å². The van der Waals surface area contributed by atoms with E-state index in [4.69, 9.17) is 23.9 Å². The fraction of sp³-hybridized carbons (Fsp3) is 0.350. The molecule has 0 amide bonds. The lowest BCUT2D eigenvalue weighted by molar-refractivity contribution is 0.264.